The summed E-state index contributed by atoms with van der Waals surface area (Å²) in [6.45, 7) is 0.736. The molecule has 0 aromatic rings. The van der Waals surface area contributed by atoms with Crippen LogP contribution in [0.4, 0.5) is 74.6 Å². The predicted octanol–water partition coefficient (Wildman–Crippen LogP) is 5.89. The minimum atomic E-state index is -8.86. The van der Waals surface area contributed by atoms with Gasteiger partial charge in [0.1, 0.15) is 0 Å². The summed E-state index contributed by atoms with van der Waals surface area (Å²) in [6.07, 6.45) is -7.23. The van der Waals surface area contributed by atoms with E-state index in [0.29, 0.717) is 0 Å². The molecule has 22 heteroatoms. The van der Waals surface area contributed by atoms with E-state index in [1.54, 1.807) is 0 Å². The van der Waals surface area contributed by atoms with Crippen molar-refractivity contribution in [3.05, 3.63) is 0 Å². The molecular weight excluding hydrogens is 585 g/mol. The standard InChI is InChI=1S/C12H9F17O3S.C2H7N/c1-2-3-4(13)5(14,15)6(16,17)7(18,19)8(20,21)9(22,23)10(24,25)11(26,27)12(28,29)33(30,31)32;1-3-2/h4H,2-3H2,1H3,(H,30,31,32);3H,1-2H3. The lowest BCUT2D eigenvalue weighted by atomic mass is 9.87. The van der Waals surface area contributed by atoms with E-state index in [4.69, 9.17) is 4.55 Å². The highest BCUT2D eigenvalue weighted by Gasteiger charge is 2.96. The van der Waals surface area contributed by atoms with E-state index >= 15 is 0 Å². The zero-order valence-electron chi connectivity index (χ0n) is 17.6. The third-order valence-electron chi connectivity index (χ3n) is 4.02. The average molecular weight is 601 g/mol. The SMILES string of the molecule is CCCC(F)C(F)(F)C(F)(F)C(F)(F)C(F)(F)C(F)(F)C(F)(F)C(F)(F)C(F)(F)S(=O)(=O)O.CNC. The van der Waals surface area contributed by atoms with Gasteiger partial charge in [-0.15, -0.1) is 0 Å². The molecular formula is C14H16F17NO3S. The molecule has 0 saturated heterocycles. The van der Waals surface area contributed by atoms with Gasteiger partial charge in [0, 0.05) is 0 Å². The molecule has 36 heavy (non-hydrogen) atoms. The predicted molar refractivity (Wildman–Crippen MR) is 85.9 cm³/mol. The topological polar surface area (TPSA) is 66.4 Å². The Morgan fingerprint density at radius 2 is 0.889 bits per heavy atom. The van der Waals surface area contributed by atoms with Gasteiger partial charge in [0.2, 0.25) is 0 Å². The van der Waals surface area contributed by atoms with E-state index in [9.17, 15) is 83.1 Å². The Kier molecular flexibility index (Phi) is 10.7. The van der Waals surface area contributed by atoms with Crippen LogP contribution in [0.3, 0.4) is 0 Å². The van der Waals surface area contributed by atoms with Crippen LogP contribution in [-0.2, 0) is 10.1 Å². The van der Waals surface area contributed by atoms with Gasteiger partial charge in [-0.25, -0.2) is 4.39 Å². The van der Waals surface area contributed by atoms with Crippen LogP contribution in [0, 0.1) is 0 Å². The van der Waals surface area contributed by atoms with Crippen molar-refractivity contribution in [2.75, 3.05) is 14.1 Å². The van der Waals surface area contributed by atoms with Crippen molar-refractivity contribution in [3.8, 4) is 0 Å². The molecule has 0 aliphatic rings. The molecule has 0 rings (SSSR count). The van der Waals surface area contributed by atoms with Gasteiger partial charge in [0.25, 0.3) is 0 Å². The van der Waals surface area contributed by atoms with Gasteiger partial charge in [-0.1, -0.05) is 13.3 Å². The van der Waals surface area contributed by atoms with E-state index in [-0.39, 0.29) is 0 Å². The van der Waals surface area contributed by atoms with Crippen LogP contribution in [0.2, 0.25) is 0 Å². The summed E-state index contributed by atoms with van der Waals surface area (Å²) in [5.74, 6) is -58.5. The lowest BCUT2D eigenvalue weighted by Crippen LogP contribution is -2.75. The maximum Gasteiger partial charge on any atom is 0.438 e. The zero-order chi connectivity index (χ0) is 30.2. The Balaban J connectivity index is 0. The number of rotatable bonds is 11. The molecule has 0 fully saturated rings. The smallest absolute Gasteiger partial charge is 0.323 e. The first kappa shape index (κ1) is 36.8. The first-order chi connectivity index (χ1) is 15.4. The molecule has 1 atom stereocenters. The molecule has 0 spiro atoms. The fourth-order valence-corrected chi connectivity index (χ4v) is 2.43. The van der Waals surface area contributed by atoms with Gasteiger partial charge in [-0.2, -0.15) is 78.7 Å². The molecule has 1 unspecified atom stereocenters. The molecule has 0 aromatic carbocycles. The van der Waals surface area contributed by atoms with E-state index in [0.717, 1.165) is 6.92 Å². The zero-order valence-corrected chi connectivity index (χ0v) is 18.4. The fourth-order valence-electron chi connectivity index (χ4n) is 1.97. The molecule has 2 N–H and O–H groups in total. The molecule has 0 aromatic heterocycles. The molecule has 220 valence electrons. The second-order valence-electron chi connectivity index (χ2n) is 6.82. The number of halogens is 17. The van der Waals surface area contributed by atoms with Gasteiger partial charge in [-0.05, 0) is 20.5 Å². The van der Waals surface area contributed by atoms with Crippen molar-refractivity contribution in [1.29, 1.82) is 0 Å². The summed E-state index contributed by atoms with van der Waals surface area (Å²) in [7, 11) is -4.15. The molecule has 0 aliphatic carbocycles. The highest BCUT2D eigenvalue weighted by Crippen LogP contribution is 2.64. The Morgan fingerprint density at radius 1 is 0.639 bits per heavy atom. The minimum absolute atomic E-state index is 0.736. The van der Waals surface area contributed by atoms with E-state index in [1.807, 2.05) is 14.1 Å². The maximum atomic E-state index is 13.5. The van der Waals surface area contributed by atoms with Gasteiger partial charge < -0.3 is 5.32 Å². The Labute approximate surface area is 190 Å². The first-order valence-corrected chi connectivity index (χ1v) is 10.1. The largest absolute Gasteiger partial charge is 0.438 e. The van der Waals surface area contributed by atoms with Crippen LogP contribution >= 0.6 is 0 Å². The normalized spacial score (nSPS) is 16.4. The molecule has 0 radical (unpaired) electrons. The Bertz CT molecular complexity index is 844. The molecule has 0 amide bonds. The number of alkyl halides is 17. The van der Waals surface area contributed by atoms with Crippen LogP contribution in [0.1, 0.15) is 19.8 Å². The average Bonchev–Trinajstić information content (AvgIpc) is 2.66. The second kappa shape index (κ2) is 10.4. The van der Waals surface area contributed by atoms with Gasteiger partial charge in [-0.3, -0.25) is 4.55 Å². The van der Waals surface area contributed by atoms with E-state index in [2.05, 4.69) is 5.32 Å². The van der Waals surface area contributed by atoms with E-state index < -0.39 is 75.8 Å². The summed E-state index contributed by atoms with van der Waals surface area (Å²) in [4.78, 5) is 0. The Hall–Kier alpha value is -1.32. The molecule has 0 saturated carbocycles. The highest BCUT2D eigenvalue weighted by atomic mass is 32.2. The second-order valence-corrected chi connectivity index (χ2v) is 8.28. The van der Waals surface area contributed by atoms with Crippen LogP contribution in [0.25, 0.3) is 0 Å². The Morgan fingerprint density at radius 3 is 1.14 bits per heavy atom. The summed E-state index contributed by atoms with van der Waals surface area (Å²) in [6, 6.07) is 0. The van der Waals surface area contributed by atoms with Crippen molar-refractivity contribution >= 4 is 10.1 Å². The maximum absolute atomic E-state index is 13.5. The lowest BCUT2D eigenvalue weighted by molar-refractivity contribution is -0.451. The van der Waals surface area contributed by atoms with Crippen molar-refractivity contribution in [3.63, 3.8) is 0 Å². The van der Waals surface area contributed by atoms with Gasteiger partial charge in [0.15, 0.2) is 6.17 Å². The molecule has 0 heterocycles. The molecule has 4 nitrogen and oxygen atoms in total. The van der Waals surface area contributed by atoms with Crippen molar-refractivity contribution < 1.29 is 87.6 Å². The molecule has 0 bridgehead atoms. The van der Waals surface area contributed by atoms with Crippen molar-refractivity contribution in [2.24, 2.45) is 0 Å². The van der Waals surface area contributed by atoms with Crippen LogP contribution in [0.15, 0.2) is 0 Å². The monoisotopic (exact) mass is 601 g/mol. The van der Waals surface area contributed by atoms with Crippen LogP contribution < -0.4 is 5.32 Å². The summed E-state index contributed by atoms with van der Waals surface area (Å²) >= 11 is 0. The third kappa shape index (κ3) is 5.17. The minimum Gasteiger partial charge on any atom is -0.323 e. The summed E-state index contributed by atoms with van der Waals surface area (Å²) in [5, 5.41) is -5.09. The number of hydrogen-bond donors (Lipinski definition) is 2. The first-order valence-electron chi connectivity index (χ1n) is 8.62. The van der Waals surface area contributed by atoms with Crippen molar-refractivity contribution in [2.45, 2.75) is 72.6 Å². The van der Waals surface area contributed by atoms with Crippen LogP contribution in [0.5, 0.6) is 0 Å². The fraction of sp³-hybridized carbons (Fsp3) is 1.00. The van der Waals surface area contributed by atoms with Gasteiger partial charge in [0.05, 0.1) is 0 Å². The third-order valence-corrected chi connectivity index (χ3v) is 4.92. The summed E-state index contributed by atoms with van der Waals surface area (Å²) < 4.78 is 254. The summed E-state index contributed by atoms with van der Waals surface area (Å²) in [5.41, 5.74) is 0. The quantitative estimate of drug-likeness (QED) is 0.229. The van der Waals surface area contributed by atoms with Crippen molar-refractivity contribution in [1.82, 2.24) is 5.32 Å². The number of nitrogens with one attached hydrogen (secondary N) is 1. The van der Waals surface area contributed by atoms with Gasteiger partial charge >= 0.3 is 56.8 Å². The number of hydrogen-bond acceptors (Lipinski definition) is 3. The lowest BCUT2D eigenvalue weighted by Gasteiger charge is -2.43. The molecule has 0 aliphatic heterocycles. The van der Waals surface area contributed by atoms with Crippen LogP contribution in [-0.4, -0.2) is 79.9 Å². The highest BCUT2D eigenvalue weighted by molar-refractivity contribution is 7.87. The van der Waals surface area contributed by atoms with E-state index in [1.165, 1.54) is 0 Å².